The van der Waals surface area contributed by atoms with E-state index in [1.807, 2.05) is 6.92 Å². The Labute approximate surface area is 179 Å². The third-order valence-electron chi connectivity index (χ3n) is 5.61. The third kappa shape index (κ3) is 3.91. The molecule has 1 aliphatic carbocycles. The Hall–Kier alpha value is -2.16. The number of nitrogens with zero attached hydrogens (tertiary/aromatic N) is 2. The zero-order valence-electron chi connectivity index (χ0n) is 16.8. The molecule has 0 saturated heterocycles. The second kappa shape index (κ2) is 8.53. The highest BCUT2D eigenvalue weighted by Crippen LogP contribution is 2.31. The summed E-state index contributed by atoms with van der Waals surface area (Å²) in [4.78, 5) is 18.1. The summed E-state index contributed by atoms with van der Waals surface area (Å²) in [5.74, 6) is 0.529. The molecule has 3 aromatic rings. The van der Waals surface area contributed by atoms with Gasteiger partial charge in [-0.2, -0.15) is 0 Å². The average Bonchev–Trinajstić information content (AvgIpc) is 3.41. The van der Waals surface area contributed by atoms with E-state index < -0.39 is 21.2 Å². The van der Waals surface area contributed by atoms with Crippen LogP contribution in [0.15, 0.2) is 58.5 Å². The molecule has 1 aromatic carbocycles. The molecule has 1 aliphatic rings. The van der Waals surface area contributed by atoms with Gasteiger partial charge >= 0.3 is 0 Å². The molecule has 1 atom stereocenters. The summed E-state index contributed by atoms with van der Waals surface area (Å²) in [6, 6.07) is 11.3. The van der Waals surface area contributed by atoms with Crippen LogP contribution in [0.1, 0.15) is 49.5 Å². The summed E-state index contributed by atoms with van der Waals surface area (Å²) < 4.78 is 40.2. The van der Waals surface area contributed by atoms with Crippen LogP contribution in [0.3, 0.4) is 0 Å². The van der Waals surface area contributed by atoms with Crippen LogP contribution < -0.4 is 0 Å². The normalized spacial score (nSPS) is 16.2. The van der Waals surface area contributed by atoms with Gasteiger partial charge in [-0.3, -0.25) is 4.79 Å². The maximum absolute atomic E-state index is 13.5. The molecule has 8 heteroatoms. The maximum atomic E-state index is 13.5. The molecule has 158 valence electrons. The molecule has 2 heterocycles. The molecule has 30 heavy (non-hydrogen) atoms. The lowest BCUT2D eigenvalue weighted by Gasteiger charge is -2.13. The summed E-state index contributed by atoms with van der Waals surface area (Å²) in [7, 11) is -4.01. The van der Waals surface area contributed by atoms with Gasteiger partial charge in [-0.1, -0.05) is 43.9 Å². The van der Waals surface area contributed by atoms with Crippen molar-refractivity contribution < 1.29 is 17.8 Å². The zero-order chi connectivity index (χ0) is 21.3. The summed E-state index contributed by atoms with van der Waals surface area (Å²) in [5.41, 5.74) is 0.304. The molecule has 0 amide bonds. The van der Waals surface area contributed by atoms with Crippen molar-refractivity contribution >= 4 is 38.0 Å². The first-order valence-electron chi connectivity index (χ1n) is 10.2. The number of benzene rings is 1. The van der Waals surface area contributed by atoms with Gasteiger partial charge in [0.25, 0.3) is 10.0 Å². The largest absolute Gasteiger partial charge is 0.611 e. The van der Waals surface area contributed by atoms with E-state index in [-0.39, 0.29) is 22.0 Å². The standard InChI is InChI=1S/C22H24N2O4S2/c1-2-29(26)18-13-17-14-20(21(25)12-16-8-6-7-9-16)24(22(17)23-15-18)30(27,28)19-10-4-3-5-11-19/h3-5,10-11,13-16H,2,6-9,12H2,1H3. The van der Waals surface area contributed by atoms with Crippen molar-refractivity contribution in [2.75, 3.05) is 5.75 Å². The maximum Gasteiger partial charge on any atom is 0.270 e. The van der Waals surface area contributed by atoms with Crippen molar-refractivity contribution in [2.24, 2.45) is 5.92 Å². The monoisotopic (exact) mass is 444 g/mol. The van der Waals surface area contributed by atoms with Gasteiger partial charge in [0.2, 0.25) is 0 Å². The topological polar surface area (TPSA) is 92.1 Å². The highest BCUT2D eigenvalue weighted by Gasteiger charge is 2.29. The number of aromatic nitrogens is 2. The van der Waals surface area contributed by atoms with Crippen LogP contribution in [-0.2, 0) is 21.2 Å². The van der Waals surface area contributed by atoms with Crippen molar-refractivity contribution in [1.29, 1.82) is 0 Å². The molecule has 1 fully saturated rings. The van der Waals surface area contributed by atoms with E-state index in [0.29, 0.717) is 28.4 Å². The Morgan fingerprint density at radius 2 is 1.90 bits per heavy atom. The van der Waals surface area contributed by atoms with Gasteiger partial charge < -0.3 is 4.55 Å². The van der Waals surface area contributed by atoms with Crippen molar-refractivity contribution in [3.63, 3.8) is 0 Å². The second-order valence-corrected chi connectivity index (χ2v) is 11.1. The van der Waals surface area contributed by atoms with Gasteiger partial charge in [0, 0.05) is 17.9 Å². The summed E-state index contributed by atoms with van der Waals surface area (Å²) in [5, 5.41) is 0.503. The van der Waals surface area contributed by atoms with E-state index in [0.717, 1.165) is 29.7 Å². The zero-order valence-corrected chi connectivity index (χ0v) is 18.4. The number of rotatable bonds is 7. The molecule has 0 radical (unpaired) electrons. The quantitative estimate of drug-likeness (QED) is 0.403. The second-order valence-electron chi connectivity index (χ2n) is 7.61. The lowest BCUT2D eigenvalue weighted by Crippen LogP contribution is -2.20. The number of Topliss-reactive ketones (excluding diaryl/α,β-unsaturated/α-hetero) is 1. The first kappa shape index (κ1) is 21.1. The Balaban J connectivity index is 1.87. The molecule has 1 unspecified atom stereocenters. The van der Waals surface area contributed by atoms with Gasteiger partial charge in [-0.15, -0.1) is 0 Å². The van der Waals surface area contributed by atoms with Crippen LogP contribution in [0, 0.1) is 5.92 Å². The van der Waals surface area contributed by atoms with E-state index >= 15 is 0 Å². The number of carbonyl (C=O) groups is 1. The summed E-state index contributed by atoms with van der Waals surface area (Å²) in [6.45, 7) is 1.81. The van der Waals surface area contributed by atoms with Crippen LogP contribution in [-0.4, -0.2) is 33.5 Å². The molecule has 0 spiro atoms. The molecular weight excluding hydrogens is 420 g/mol. The van der Waals surface area contributed by atoms with Crippen LogP contribution in [0.5, 0.6) is 0 Å². The Bertz CT molecular complexity index is 1170. The van der Waals surface area contributed by atoms with Crippen molar-refractivity contribution in [1.82, 2.24) is 8.96 Å². The first-order valence-corrected chi connectivity index (χ1v) is 12.9. The average molecular weight is 445 g/mol. The van der Waals surface area contributed by atoms with E-state index in [1.165, 1.54) is 18.3 Å². The van der Waals surface area contributed by atoms with Crippen LogP contribution in [0.4, 0.5) is 0 Å². The van der Waals surface area contributed by atoms with E-state index in [2.05, 4.69) is 4.98 Å². The van der Waals surface area contributed by atoms with Gasteiger partial charge in [-0.25, -0.2) is 17.4 Å². The van der Waals surface area contributed by atoms with Crippen molar-refractivity contribution in [2.45, 2.75) is 48.8 Å². The minimum absolute atomic E-state index is 0.0976. The molecule has 0 N–H and O–H groups in total. The smallest absolute Gasteiger partial charge is 0.270 e. The number of pyridine rings is 1. The SMILES string of the molecule is CC[S+]([O-])c1cnc2c(c1)cc(C(=O)CC1CCCC1)n2S(=O)(=O)c1ccccc1. The molecule has 2 aromatic heterocycles. The highest BCUT2D eigenvalue weighted by atomic mass is 32.2. The minimum atomic E-state index is -4.01. The number of ketones is 1. The highest BCUT2D eigenvalue weighted by molar-refractivity contribution is 7.91. The lowest BCUT2D eigenvalue weighted by atomic mass is 10.00. The first-order chi connectivity index (χ1) is 14.4. The summed E-state index contributed by atoms with van der Waals surface area (Å²) in [6.07, 6.45) is 5.97. The Morgan fingerprint density at radius 3 is 2.57 bits per heavy atom. The van der Waals surface area contributed by atoms with E-state index in [1.54, 1.807) is 30.3 Å². The molecule has 6 nitrogen and oxygen atoms in total. The van der Waals surface area contributed by atoms with Gasteiger partial charge in [0.15, 0.2) is 16.3 Å². The van der Waals surface area contributed by atoms with Crippen molar-refractivity contribution in [3.8, 4) is 0 Å². The van der Waals surface area contributed by atoms with Crippen LogP contribution in [0.25, 0.3) is 11.0 Å². The minimum Gasteiger partial charge on any atom is -0.611 e. The van der Waals surface area contributed by atoms with E-state index in [9.17, 15) is 17.8 Å². The van der Waals surface area contributed by atoms with Crippen molar-refractivity contribution in [3.05, 3.63) is 54.4 Å². The molecule has 0 bridgehead atoms. The fourth-order valence-electron chi connectivity index (χ4n) is 4.06. The lowest BCUT2D eigenvalue weighted by molar-refractivity contribution is 0.0956. The fourth-order valence-corrected chi connectivity index (χ4v) is 6.33. The number of hydrogen-bond donors (Lipinski definition) is 0. The van der Waals surface area contributed by atoms with Gasteiger partial charge in [0.1, 0.15) is 11.4 Å². The molecular formula is C22H24N2O4S2. The predicted octanol–water partition coefficient (Wildman–Crippen LogP) is 4.16. The fraction of sp³-hybridized carbons (Fsp3) is 0.364. The number of carbonyl (C=O) groups excluding carboxylic acids is 1. The van der Waals surface area contributed by atoms with Gasteiger partial charge in [0.05, 0.1) is 11.1 Å². The molecule has 0 aliphatic heterocycles. The van der Waals surface area contributed by atoms with Crippen LogP contribution >= 0.6 is 0 Å². The molecule has 4 rings (SSSR count). The summed E-state index contributed by atoms with van der Waals surface area (Å²) >= 11 is -1.22. The van der Waals surface area contributed by atoms with Gasteiger partial charge in [-0.05, 0) is 42.2 Å². The Kier molecular flexibility index (Phi) is 5.99. The third-order valence-corrected chi connectivity index (χ3v) is 8.61. The van der Waals surface area contributed by atoms with Crippen LogP contribution in [0.2, 0.25) is 0 Å². The Morgan fingerprint density at radius 1 is 1.20 bits per heavy atom. The number of hydrogen-bond acceptors (Lipinski definition) is 5. The molecule has 1 saturated carbocycles. The predicted molar refractivity (Wildman–Crippen MR) is 117 cm³/mol. The van der Waals surface area contributed by atoms with E-state index in [4.69, 9.17) is 0 Å². The number of fused-ring (bicyclic) bond motifs is 1.